The van der Waals surface area contributed by atoms with Gasteiger partial charge in [0.2, 0.25) is 10.0 Å². The van der Waals surface area contributed by atoms with E-state index in [0.717, 1.165) is 25.7 Å². The van der Waals surface area contributed by atoms with Crippen LogP contribution >= 0.6 is 0 Å². The highest BCUT2D eigenvalue weighted by molar-refractivity contribution is 7.90. The lowest BCUT2D eigenvalue weighted by atomic mass is 10.4. The summed E-state index contributed by atoms with van der Waals surface area (Å²) in [6, 6.07) is 0. The van der Waals surface area contributed by atoms with Gasteiger partial charge in [-0.3, -0.25) is 4.79 Å². The van der Waals surface area contributed by atoms with Crippen molar-refractivity contribution in [3.63, 3.8) is 0 Å². The van der Waals surface area contributed by atoms with Crippen LogP contribution in [0.15, 0.2) is 0 Å². The van der Waals surface area contributed by atoms with Crippen LogP contribution in [-0.2, 0) is 19.6 Å². The molecule has 0 aliphatic heterocycles. The number of hydrogen-bond acceptors (Lipinski definition) is 4. The normalized spacial score (nSPS) is 17.6. The maximum Gasteiger partial charge on any atom is 0.307 e. The van der Waals surface area contributed by atoms with Crippen LogP contribution in [0.2, 0.25) is 0 Å². The Bertz CT molecular complexity index is 320. The van der Waals surface area contributed by atoms with Crippen LogP contribution in [0.1, 0.15) is 39.0 Å². The molecule has 1 aliphatic rings. The summed E-state index contributed by atoms with van der Waals surface area (Å²) in [6.07, 6.45) is 3.51. The average molecular weight is 249 g/mol. The van der Waals surface area contributed by atoms with Gasteiger partial charge in [-0.2, -0.15) is 0 Å². The Morgan fingerprint density at radius 3 is 2.56 bits per heavy atom. The molecular formula is C10H19NO4S. The van der Waals surface area contributed by atoms with Gasteiger partial charge < -0.3 is 4.74 Å². The predicted molar refractivity (Wildman–Crippen MR) is 60.4 cm³/mol. The molecule has 0 saturated heterocycles. The minimum absolute atomic E-state index is 0.0970. The number of carbonyl (C=O) groups is 1. The summed E-state index contributed by atoms with van der Waals surface area (Å²) < 4.78 is 30.6. The Kier molecular flexibility index (Phi) is 5.21. The third kappa shape index (κ3) is 4.09. The van der Waals surface area contributed by atoms with Crippen molar-refractivity contribution in [1.29, 1.82) is 0 Å². The summed E-state index contributed by atoms with van der Waals surface area (Å²) in [5.74, 6) is -0.364. The third-order valence-electron chi connectivity index (χ3n) is 2.68. The molecule has 94 valence electrons. The maximum atomic E-state index is 11.7. The number of rotatable bonds is 6. The van der Waals surface area contributed by atoms with Gasteiger partial charge >= 0.3 is 5.97 Å². The van der Waals surface area contributed by atoms with Crippen LogP contribution < -0.4 is 4.72 Å². The highest BCUT2D eigenvalue weighted by atomic mass is 32.2. The molecule has 0 aromatic carbocycles. The minimum Gasteiger partial charge on any atom is -0.466 e. The molecule has 1 N–H and O–H groups in total. The van der Waals surface area contributed by atoms with Crippen molar-refractivity contribution in [1.82, 2.24) is 4.72 Å². The zero-order valence-electron chi connectivity index (χ0n) is 9.57. The minimum atomic E-state index is -3.23. The van der Waals surface area contributed by atoms with E-state index in [4.69, 9.17) is 4.74 Å². The van der Waals surface area contributed by atoms with Gasteiger partial charge in [0, 0.05) is 6.54 Å². The van der Waals surface area contributed by atoms with Crippen LogP contribution in [0.4, 0.5) is 0 Å². The topological polar surface area (TPSA) is 72.5 Å². The van der Waals surface area contributed by atoms with Crippen molar-refractivity contribution in [3.05, 3.63) is 0 Å². The van der Waals surface area contributed by atoms with Crippen molar-refractivity contribution in [2.45, 2.75) is 44.3 Å². The summed E-state index contributed by atoms with van der Waals surface area (Å²) >= 11 is 0. The molecule has 6 heteroatoms. The Balaban J connectivity index is 2.28. The summed E-state index contributed by atoms with van der Waals surface area (Å²) in [5.41, 5.74) is 0. The van der Waals surface area contributed by atoms with E-state index in [-0.39, 0.29) is 24.2 Å². The molecule has 0 aromatic rings. The average Bonchev–Trinajstić information content (AvgIpc) is 2.71. The van der Waals surface area contributed by atoms with Gasteiger partial charge in [-0.05, 0) is 19.8 Å². The largest absolute Gasteiger partial charge is 0.466 e. The Labute approximate surface area is 96.6 Å². The Morgan fingerprint density at radius 2 is 2.00 bits per heavy atom. The maximum absolute atomic E-state index is 11.7. The van der Waals surface area contributed by atoms with E-state index in [1.54, 1.807) is 6.92 Å². The van der Waals surface area contributed by atoms with E-state index in [1.165, 1.54) is 0 Å². The molecule has 1 rings (SSSR count). The molecule has 5 nitrogen and oxygen atoms in total. The molecule has 0 bridgehead atoms. The molecule has 1 aliphatic carbocycles. The molecule has 1 fully saturated rings. The van der Waals surface area contributed by atoms with E-state index in [1.807, 2.05) is 0 Å². The van der Waals surface area contributed by atoms with Crippen LogP contribution in [0.25, 0.3) is 0 Å². The smallest absolute Gasteiger partial charge is 0.307 e. The van der Waals surface area contributed by atoms with E-state index in [0.29, 0.717) is 6.61 Å². The van der Waals surface area contributed by atoms with Crippen molar-refractivity contribution in [2.75, 3.05) is 13.2 Å². The first-order valence-electron chi connectivity index (χ1n) is 5.70. The van der Waals surface area contributed by atoms with Gasteiger partial charge in [-0.25, -0.2) is 13.1 Å². The second-order valence-corrected chi connectivity index (χ2v) is 5.95. The Morgan fingerprint density at radius 1 is 1.38 bits per heavy atom. The van der Waals surface area contributed by atoms with Gasteiger partial charge in [0.15, 0.2) is 0 Å². The molecule has 0 heterocycles. The van der Waals surface area contributed by atoms with Gasteiger partial charge in [-0.15, -0.1) is 0 Å². The van der Waals surface area contributed by atoms with E-state index in [9.17, 15) is 13.2 Å². The molecule has 0 radical (unpaired) electrons. The van der Waals surface area contributed by atoms with Gasteiger partial charge in [0.25, 0.3) is 0 Å². The third-order valence-corrected chi connectivity index (χ3v) is 4.63. The van der Waals surface area contributed by atoms with Crippen LogP contribution in [-0.4, -0.2) is 32.8 Å². The standard InChI is InChI=1S/C10H19NO4S/c1-2-15-10(12)7-8-11-16(13,14)9-5-3-4-6-9/h9,11H,2-8H2,1H3. The summed E-state index contributed by atoms with van der Waals surface area (Å²) in [7, 11) is -3.23. The summed E-state index contributed by atoms with van der Waals surface area (Å²) in [6.45, 7) is 2.19. The van der Waals surface area contributed by atoms with E-state index in [2.05, 4.69) is 4.72 Å². The highest BCUT2D eigenvalue weighted by Gasteiger charge is 2.28. The number of nitrogens with one attached hydrogen (secondary N) is 1. The lowest BCUT2D eigenvalue weighted by Gasteiger charge is -2.11. The first-order valence-corrected chi connectivity index (χ1v) is 7.25. The van der Waals surface area contributed by atoms with Gasteiger partial charge in [0.1, 0.15) is 0 Å². The fraction of sp³-hybridized carbons (Fsp3) is 0.900. The van der Waals surface area contributed by atoms with E-state index >= 15 is 0 Å². The first kappa shape index (κ1) is 13.4. The second kappa shape index (κ2) is 6.20. The number of carbonyl (C=O) groups excluding carboxylic acids is 1. The van der Waals surface area contributed by atoms with Gasteiger partial charge in [-0.1, -0.05) is 12.8 Å². The molecule has 0 atom stereocenters. The second-order valence-electron chi connectivity index (χ2n) is 3.90. The number of esters is 1. The summed E-state index contributed by atoms with van der Waals surface area (Å²) in [5, 5.41) is -0.269. The van der Waals surface area contributed by atoms with Crippen molar-refractivity contribution >= 4 is 16.0 Å². The van der Waals surface area contributed by atoms with Crippen molar-refractivity contribution in [3.8, 4) is 0 Å². The SMILES string of the molecule is CCOC(=O)CCNS(=O)(=O)C1CCCC1. The molecule has 16 heavy (non-hydrogen) atoms. The molecular weight excluding hydrogens is 230 g/mol. The molecule has 0 aromatic heterocycles. The molecule has 0 amide bonds. The number of ether oxygens (including phenoxy) is 1. The fourth-order valence-electron chi connectivity index (χ4n) is 1.85. The van der Waals surface area contributed by atoms with Crippen molar-refractivity contribution in [2.24, 2.45) is 0 Å². The Hall–Kier alpha value is -0.620. The highest BCUT2D eigenvalue weighted by Crippen LogP contribution is 2.23. The first-order chi connectivity index (χ1) is 7.56. The predicted octanol–water partition coefficient (Wildman–Crippen LogP) is 0.802. The fourth-order valence-corrected chi connectivity index (χ4v) is 3.42. The molecule has 1 saturated carbocycles. The lowest BCUT2D eigenvalue weighted by Crippen LogP contribution is -2.34. The van der Waals surface area contributed by atoms with Gasteiger partial charge in [0.05, 0.1) is 18.3 Å². The van der Waals surface area contributed by atoms with Crippen molar-refractivity contribution < 1.29 is 17.9 Å². The van der Waals surface area contributed by atoms with Crippen LogP contribution in [0.3, 0.4) is 0 Å². The lowest BCUT2D eigenvalue weighted by molar-refractivity contribution is -0.142. The number of hydrogen-bond donors (Lipinski definition) is 1. The monoisotopic (exact) mass is 249 g/mol. The molecule has 0 unspecified atom stereocenters. The zero-order valence-corrected chi connectivity index (χ0v) is 10.4. The van der Waals surface area contributed by atoms with Crippen LogP contribution in [0, 0.1) is 0 Å². The molecule has 0 spiro atoms. The van der Waals surface area contributed by atoms with E-state index < -0.39 is 10.0 Å². The zero-order chi connectivity index (χ0) is 12.0. The quantitative estimate of drug-likeness (QED) is 0.707. The summed E-state index contributed by atoms with van der Waals surface area (Å²) in [4.78, 5) is 11.0. The van der Waals surface area contributed by atoms with Crippen LogP contribution in [0.5, 0.6) is 0 Å². The number of sulfonamides is 1.